The summed E-state index contributed by atoms with van der Waals surface area (Å²) in [5, 5.41) is 2.87. The van der Waals surface area contributed by atoms with E-state index in [1.165, 1.54) is 11.1 Å². The fourth-order valence-electron chi connectivity index (χ4n) is 2.93. The summed E-state index contributed by atoms with van der Waals surface area (Å²) in [7, 11) is 0.634. The first-order valence-corrected chi connectivity index (χ1v) is 11.5. The highest BCUT2D eigenvalue weighted by atomic mass is 32.2. The molecular weight excluding hydrogens is 390 g/mol. The minimum atomic E-state index is -0.996. The van der Waals surface area contributed by atoms with Crippen molar-refractivity contribution in [2.45, 2.75) is 32.3 Å². The van der Waals surface area contributed by atoms with Crippen molar-refractivity contribution in [1.82, 2.24) is 4.98 Å². The van der Waals surface area contributed by atoms with E-state index in [9.17, 15) is 4.21 Å². The van der Waals surface area contributed by atoms with Gasteiger partial charge in [-0.1, -0.05) is 23.8 Å². The van der Waals surface area contributed by atoms with Crippen molar-refractivity contribution in [3.8, 4) is 22.1 Å². The number of hydrogen-bond donors (Lipinski definition) is 0. The number of ether oxygens (including phenoxy) is 2. The van der Waals surface area contributed by atoms with Crippen molar-refractivity contribution in [3.05, 3.63) is 64.2 Å². The van der Waals surface area contributed by atoms with Gasteiger partial charge >= 0.3 is 0 Å². The van der Waals surface area contributed by atoms with Gasteiger partial charge in [0.05, 0.1) is 25.2 Å². The van der Waals surface area contributed by atoms with Crippen LogP contribution in [0.2, 0.25) is 0 Å². The summed E-state index contributed by atoms with van der Waals surface area (Å²) in [6.07, 6.45) is 0. The number of thiazole rings is 1. The fraction of sp³-hybridized carbons (Fsp3) is 0.318. The fourth-order valence-corrected chi connectivity index (χ4v) is 5.09. The third-order valence-corrected chi connectivity index (χ3v) is 6.58. The van der Waals surface area contributed by atoms with Gasteiger partial charge in [-0.3, -0.25) is 4.21 Å². The standard InChI is InChI=1S/C22H25NO3S2/c1-5-26-20-9-8-17(11-21(20)25-4)22-23-19(12-27-22)14-28(24)13-18-10-15(2)6-7-16(18)3/h6-12H,5,13-14H2,1-4H3. The summed E-state index contributed by atoms with van der Waals surface area (Å²) in [4.78, 5) is 4.68. The first-order chi connectivity index (χ1) is 13.5. The van der Waals surface area contributed by atoms with Crippen LogP contribution in [0, 0.1) is 13.8 Å². The Morgan fingerprint density at radius 2 is 1.89 bits per heavy atom. The normalized spacial score (nSPS) is 12.0. The van der Waals surface area contributed by atoms with E-state index >= 15 is 0 Å². The second-order valence-corrected chi connectivity index (χ2v) is 8.92. The van der Waals surface area contributed by atoms with Gasteiger partial charge in [0, 0.05) is 27.5 Å². The second kappa shape index (κ2) is 9.34. The molecule has 0 bridgehead atoms. The molecule has 3 aromatic rings. The molecule has 0 saturated carbocycles. The summed E-state index contributed by atoms with van der Waals surface area (Å²) >= 11 is 1.55. The van der Waals surface area contributed by atoms with Crippen LogP contribution in [0.3, 0.4) is 0 Å². The molecule has 28 heavy (non-hydrogen) atoms. The summed E-state index contributed by atoms with van der Waals surface area (Å²) in [5.74, 6) is 2.42. The molecule has 0 aliphatic rings. The molecule has 0 amide bonds. The van der Waals surface area contributed by atoms with E-state index < -0.39 is 10.8 Å². The smallest absolute Gasteiger partial charge is 0.161 e. The zero-order chi connectivity index (χ0) is 20.1. The number of aromatic nitrogens is 1. The van der Waals surface area contributed by atoms with E-state index in [-0.39, 0.29) is 0 Å². The number of methoxy groups -OCH3 is 1. The Labute approximate surface area is 173 Å². The van der Waals surface area contributed by atoms with Crippen molar-refractivity contribution in [2.75, 3.05) is 13.7 Å². The molecule has 0 radical (unpaired) electrons. The zero-order valence-electron chi connectivity index (χ0n) is 16.7. The Kier molecular flexibility index (Phi) is 6.86. The maximum absolute atomic E-state index is 12.6. The molecule has 4 nitrogen and oxygen atoms in total. The molecule has 0 saturated heterocycles. The molecule has 6 heteroatoms. The average molecular weight is 416 g/mol. The summed E-state index contributed by atoms with van der Waals surface area (Å²) in [6, 6.07) is 12.1. The van der Waals surface area contributed by atoms with Crippen molar-refractivity contribution in [1.29, 1.82) is 0 Å². The van der Waals surface area contributed by atoms with Gasteiger partial charge in [-0.05, 0) is 50.1 Å². The molecule has 1 atom stereocenters. The molecule has 1 aromatic heterocycles. The number of rotatable bonds is 8. The summed E-state index contributed by atoms with van der Waals surface area (Å²) in [6.45, 7) is 6.65. The van der Waals surface area contributed by atoms with Crippen LogP contribution in [0.5, 0.6) is 11.5 Å². The van der Waals surface area contributed by atoms with Crippen LogP contribution in [0.25, 0.3) is 10.6 Å². The van der Waals surface area contributed by atoms with Crippen LogP contribution in [0.15, 0.2) is 41.8 Å². The van der Waals surface area contributed by atoms with Crippen LogP contribution in [-0.4, -0.2) is 22.9 Å². The lowest BCUT2D eigenvalue weighted by Crippen LogP contribution is -2.02. The quantitative estimate of drug-likeness (QED) is 0.502. The molecular formula is C22H25NO3S2. The summed E-state index contributed by atoms with van der Waals surface area (Å²) < 4.78 is 23.6. The highest BCUT2D eigenvalue weighted by Crippen LogP contribution is 2.34. The maximum Gasteiger partial charge on any atom is 0.161 e. The Bertz CT molecular complexity index is 982. The van der Waals surface area contributed by atoms with Gasteiger partial charge in [0.15, 0.2) is 11.5 Å². The second-order valence-electron chi connectivity index (χ2n) is 6.60. The van der Waals surface area contributed by atoms with Gasteiger partial charge in [-0.2, -0.15) is 0 Å². The molecule has 0 aliphatic heterocycles. The highest BCUT2D eigenvalue weighted by Gasteiger charge is 2.12. The maximum atomic E-state index is 12.6. The van der Waals surface area contributed by atoms with Gasteiger partial charge in [0.2, 0.25) is 0 Å². The molecule has 2 aromatic carbocycles. The van der Waals surface area contributed by atoms with E-state index in [1.54, 1.807) is 18.4 Å². The van der Waals surface area contributed by atoms with Gasteiger partial charge in [-0.25, -0.2) is 4.98 Å². The third-order valence-electron chi connectivity index (χ3n) is 4.39. The van der Waals surface area contributed by atoms with E-state index in [0.717, 1.165) is 27.6 Å². The lowest BCUT2D eigenvalue weighted by molar-refractivity contribution is 0.311. The van der Waals surface area contributed by atoms with Gasteiger partial charge < -0.3 is 9.47 Å². The molecule has 148 valence electrons. The molecule has 0 aliphatic carbocycles. The van der Waals surface area contributed by atoms with Crippen molar-refractivity contribution >= 4 is 22.1 Å². The first-order valence-electron chi connectivity index (χ1n) is 9.17. The minimum Gasteiger partial charge on any atom is -0.493 e. The topological polar surface area (TPSA) is 48.4 Å². The van der Waals surface area contributed by atoms with E-state index in [1.807, 2.05) is 30.5 Å². The Balaban J connectivity index is 1.72. The molecule has 0 spiro atoms. The summed E-state index contributed by atoms with van der Waals surface area (Å²) in [5.41, 5.74) is 5.34. The number of nitrogens with zero attached hydrogens (tertiary/aromatic N) is 1. The van der Waals surface area contributed by atoms with Crippen LogP contribution >= 0.6 is 11.3 Å². The SMILES string of the molecule is CCOc1ccc(-c2nc(CS(=O)Cc3cc(C)ccc3C)cs2)cc1OC. The third kappa shape index (κ3) is 5.00. The molecule has 3 rings (SSSR count). The number of aryl methyl sites for hydroxylation is 2. The lowest BCUT2D eigenvalue weighted by atomic mass is 10.1. The number of hydrogen-bond acceptors (Lipinski definition) is 5. The molecule has 1 heterocycles. The molecule has 1 unspecified atom stereocenters. The molecule has 0 N–H and O–H groups in total. The van der Waals surface area contributed by atoms with Crippen molar-refractivity contribution in [3.63, 3.8) is 0 Å². The Morgan fingerprint density at radius 3 is 2.64 bits per heavy atom. The van der Waals surface area contributed by atoms with Gasteiger partial charge in [0.1, 0.15) is 5.01 Å². The monoisotopic (exact) mass is 415 g/mol. The first kappa shape index (κ1) is 20.6. The van der Waals surface area contributed by atoms with Crippen molar-refractivity contribution in [2.24, 2.45) is 0 Å². The largest absolute Gasteiger partial charge is 0.493 e. The van der Waals surface area contributed by atoms with E-state index in [4.69, 9.17) is 9.47 Å². The average Bonchev–Trinajstić information content (AvgIpc) is 3.13. The lowest BCUT2D eigenvalue weighted by Gasteiger charge is -2.10. The minimum absolute atomic E-state index is 0.456. The van der Waals surface area contributed by atoms with Crippen LogP contribution in [-0.2, 0) is 22.3 Å². The zero-order valence-corrected chi connectivity index (χ0v) is 18.3. The van der Waals surface area contributed by atoms with Crippen molar-refractivity contribution < 1.29 is 13.7 Å². The van der Waals surface area contributed by atoms with Gasteiger partial charge in [0.25, 0.3) is 0 Å². The van der Waals surface area contributed by atoms with Crippen LogP contribution in [0.4, 0.5) is 0 Å². The van der Waals surface area contributed by atoms with Gasteiger partial charge in [-0.15, -0.1) is 11.3 Å². The predicted octanol–water partition coefficient (Wildman–Crippen LogP) is 5.28. The Morgan fingerprint density at radius 1 is 1.07 bits per heavy atom. The highest BCUT2D eigenvalue weighted by molar-refractivity contribution is 7.83. The van der Waals surface area contributed by atoms with Crippen LogP contribution < -0.4 is 9.47 Å². The molecule has 0 fully saturated rings. The Hall–Kier alpha value is -2.18. The predicted molar refractivity (Wildman–Crippen MR) is 117 cm³/mol. The van der Waals surface area contributed by atoms with Crippen LogP contribution in [0.1, 0.15) is 29.3 Å². The van der Waals surface area contributed by atoms with E-state index in [2.05, 4.69) is 37.0 Å². The van der Waals surface area contributed by atoms with E-state index in [0.29, 0.717) is 23.9 Å². The number of benzene rings is 2.